The van der Waals surface area contributed by atoms with Gasteiger partial charge in [-0.05, 0) is 25.5 Å². The van der Waals surface area contributed by atoms with E-state index >= 15 is 0 Å². The predicted octanol–water partition coefficient (Wildman–Crippen LogP) is -0.321. The monoisotopic (exact) mass is 326 g/mol. The molecule has 7 nitrogen and oxygen atoms in total. The highest BCUT2D eigenvalue weighted by molar-refractivity contribution is 7.71. The number of aromatic nitrogens is 1. The van der Waals surface area contributed by atoms with Gasteiger partial charge in [0, 0.05) is 5.69 Å². The van der Waals surface area contributed by atoms with E-state index in [0.717, 1.165) is 5.56 Å². The molecule has 1 saturated heterocycles. The summed E-state index contributed by atoms with van der Waals surface area (Å²) < 4.78 is 7.11. The van der Waals surface area contributed by atoms with Crippen LogP contribution in [0, 0.1) is 29.8 Å². The number of aryl methyl sites for hydroxylation is 1. The zero-order valence-electron chi connectivity index (χ0n) is 12.2. The van der Waals surface area contributed by atoms with E-state index in [2.05, 4.69) is 0 Å². The fourth-order valence-electron chi connectivity index (χ4n) is 2.54. The van der Waals surface area contributed by atoms with Gasteiger partial charge in [-0.1, -0.05) is 12.2 Å². The van der Waals surface area contributed by atoms with Crippen molar-refractivity contribution in [1.82, 2.24) is 4.57 Å². The van der Waals surface area contributed by atoms with Crippen LogP contribution in [0.4, 0.5) is 0 Å². The SMILES string of the molecule is Cc1cc(C#N)c(=S)n([C@H]2O[C@@H](CO)[C@@H](O)[C@@H](O)[C@@H]2O)c1C. The van der Waals surface area contributed by atoms with E-state index in [1.54, 1.807) is 19.9 Å². The molecule has 0 aromatic carbocycles. The first-order valence-corrected chi connectivity index (χ1v) is 7.17. The van der Waals surface area contributed by atoms with E-state index < -0.39 is 37.3 Å². The molecule has 0 radical (unpaired) electrons. The second-order valence-corrected chi connectivity index (χ2v) is 5.72. The number of hydrogen-bond acceptors (Lipinski definition) is 7. The van der Waals surface area contributed by atoms with E-state index in [-0.39, 0.29) is 10.2 Å². The van der Waals surface area contributed by atoms with Gasteiger partial charge >= 0.3 is 0 Å². The molecule has 22 heavy (non-hydrogen) atoms. The van der Waals surface area contributed by atoms with Crippen LogP contribution in [-0.2, 0) is 4.74 Å². The zero-order chi connectivity index (χ0) is 16.6. The van der Waals surface area contributed by atoms with Crippen molar-refractivity contribution < 1.29 is 25.2 Å². The summed E-state index contributed by atoms with van der Waals surface area (Å²) in [5.74, 6) is 0. The molecule has 0 saturated carbocycles. The predicted molar refractivity (Wildman–Crippen MR) is 78.5 cm³/mol. The average Bonchev–Trinajstić information content (AvgIpc) is 2.50. The molecule has 0 amide bonds. The highest BCUT2D eigenvalue weighted by atomic mass is 32.1. The largest absolute Gasteiger partial charge is 0.394 e. The van der Waals surface area contributed by atoms with E-state index in [1.807, 2.05) is 6.07 Å². The van der Waals surface area contributed by atoms with E-state index in [4.69, 9.17) is 22.2 Å². The van der Waals surface area contributed by atoms with Crippen LogP contribution in [0.15, 0.2) is 6.07 Å². The Hall–Kier alpha value is -1.34. The lowest BCUT2D eigenvalue weighted by Gasteiger charge is -2.41. The Morgan fingerprint density at radius 2 is 1.91 bits per heavy atom. The molecule has 0 unspecified atom stereocenters. The zero-order valence-corrected chi connectivity index (χ0v) is 13.0. The summed E-state index contributed by atoms with van der Waals surface area (Å²) in [6.07, 6.45) is -6.52. The van der Waals surface area contributed by atoms with Gasteiger partial charge < -0.3 is 29.7 Å². The fraction of sp³-hybridized carbons (Fsp3) is 0.571. The summed E-state index contributed by atoms with van der Waals surface area (Å²) in [4.78, 5) is 0. The van der Waals surface area contributed by atoms with Crippen LogP contribution in [0.3, 0.4) is 0 Å². The third kappa shape index (κ3) is 2.67. The molecule has 0 aliphatic carbocycles. The summed E-state index contributed by atoms with van der Waals surface area (Å²) in [6, 6.07) is 3.62. The van der Waals surface area contributed by atoms with E-state index in [1.165, 1.54) is 4.57 Å². The molecule has 1 aliphatic rings. The molecule has 1 fully saturated rings. The first-order chi connectivity index (χ1) is 10.3. The van der Waals surface area contributed by atoms with Gasteiger partial charge in [-0.25, -0.2) is 0 Å². The topological polar surface area (TPSA) is 119 Å². The van der Waals surface area contributed by atoms with Crippen molar-refractivity contribution in [3.63, 3.8) is 0 Å². The van der Waals surface area contributed by atoms with Crippen LogP contribution in [0.5, 0.6) is 0 Å². The van der Waals surface area contributed by atoms with Crippen molar-refractivity contribution >= 4 is 12.2 Å². The minimum absolute atomic E-state index is 0.162. The Kier molecular flexibility index (Phi) is 4.97. The van der Waals surface area contributed by atoms with Gasteiger partial charge in [-0.3, -0.25) is 0 Å². The van der Waals surface area contributed by atoms with Gasteiger partial charge in [0.15, 0.2) is 6.23 Å². The number of nitrogens with zero attached hydrogens (tertiary/aromatic N) is 2. The fourth-order valence-corrected chi connectivity index (χ4v) is 2.88. The van der Waals surface area contributed by atoms with Gasteiger partial charge in [-0.15, -0.1) is 0 Å². The number of aliphatic hydroxyl groups is 4. The van der Waals surface area contributed by atoms with Gasteiger partial charge in [0.1, 0.15) is 35.1 Å². The minimum Gasteiger partial charge on any atom is -0.394 e. The van der Waals surface area contributed by atoms with Crippen molar-refractivity contribution in [3.05, 3.63) is 27.5 Å². The standard InChI is InChI=1S/C14H18N2O5S/c1-6-3-8(4-15)14(22)16(7(6)2)13-12(20)11(19)10(18)9(5-17)21-13/h3,9-13,17-20H,5H2,1-2H3/t9-,10+,11+,12-,13-/m0/s1. The van der Waals surface area contributed by atoms with Gasteiger partial charge in [0.25, 0.3) is 0 Å². The van der Waals surface area contributed by atoms with Crippen molar-refractivity contribution in [1.29, 1.82) is 5.26 Å². The molecular formula is C14H18N2O5S. The lowest BCUT2D eigenvalue weighted by atomic mass is 9.97. The Morgan fingerprint density at radius 3 is 2.45 bits per heavy atom. The average molecular weight is 326 g/mol. The lowest BCUT2D eigenvalue weighted by Crippen LogP contribution is -2.56. The highest BCUT2D eigenvalue weighted by Crippen LogP contribution is 2.31. The third-order valence-corrected chi connectivity index (χ3v) is 4.40. The molecule has 1 aromatic heterocycles. The molecule has 5 atom stereocenters. The maximum atomic E-state index is 10.2. The summed E-state index contributed by atoms with van der Waals surface area (Å²) in [7, 11) is 0. The van der Waals surface area contributed by atoms with Gasteiger partial charge in [0.05, 0.1) is 12.2 Å². The maximum absolute atomic E-state index is 10.2. The van der Waals surface area contributed by atoms with Crippen molar-refractivity contribution in [2.45, 2.75) is 44.5 Å². The van der Waals surface area contributed by atoms with E-state index in [9.17, 15) is 20.4 Å². The summed E-state index contributed by atoms with van der Waals surface area (Å²) in [5, 5.41) is 48.4. The van der Waals surface area contributed by atoms with Crippen LogP contribution >= 0.6 is 12.2 Å². The second-order valence-electron chi connectivity index (χ2n) is 5.33. The van der Waals surface area contributed by atoms with Crippen LogP contribution < -0.4 is 0 Å². The first kappa shape index (κ1) is 17.0. The molecule has 8 heteroatoms. The highest BCUT2D eigenvalue weighted by Gasteiger charge is 2.44. The third-order valence-electron chi connectivity index (χ3n) is 3.98. The van der Waals surface area contributed by atoms with E-state index in [0.29, 0.717) is 5.69 Å². The number of rotatable bonds is 2. The van der Waals surface area contributed by atoms with Crippen molar-refractivity contribution in [2.24, 2.45) is 0 Å². The maximum Gasteiger partial charge on any atom is 0.164 e. The Morgan fingerprint density at radius 1 is 1.27 bits per heavy atom. The Bertz CT molecular complexity index is 666. The van der Waals surface area contributed by atoms with Gasteiger partial charge in [-0.2, -0.15) is 5.26 Å². The molecule has 1 aliphatic heterocycles. The Labute approximate surface area is 132 Å². The van der Waals surface area contributed by atoms with Gasteiger partial charge in [0.2, 0.25) is 0 Å². The molecule has 1 aromatic rings. The quantitative estimate of drug-likeness (QED) is 0.550. The summed E-state index contributed by atoms with van der Waals surface area (Å²) >= 11 is 5.26. The lowest BCUT2D eigenvalue weighted by molar-refractivity contribution is -0.252. The van der Waals surface area contributed by atoms with Crippen molar-refractivity contribution in [2.75, 3.05) is 6.61 Å². The van der Waals surface area contributed by atoms with Crippen LogP contribution in [0.2, 0.25) is 0 Å². The van der Waals surface area contributed by atoms with Crippen LogP contribution in [0.25, 0.3) is 0 Å². The molecule has 0 spiro atoms. The second kappa shape index (κ2) is 6.42. The number of nitriles is 1. The molecule has 2 heterocycles. The molecule has 0 bridgehead atoms. The number of hydrogen-bond donors (Lipinski definition) is 4. The summed E-state index contributed by atoms with van der Waals surface area (Å²) in [6.45, 7) is 3.00. The molecule has 4 N–H and O–H groups in total. The number of ether oxygens (including phenoxy) is 1. The molecular weight excluding hydrogens is 308 g/mol. The van der Waals surface area contributed by atoms with Crippen LogP contribution in [-0.4, -0.2) is 56.0 Å². The smallest absolute Gasteiger partial charge is 0.164 e. The molecule has 120 valence electrons. The summed E-state index contributed by atoms with van der Waals surface area (Å²) in [5.41, 5.74) is 1.67. The van der Waals surface area contributed by atoms with Crippen molar-refractivity contribution in [3.8, 4) is 6.07 Å². The number of aliphatic hydroxyl groups excluding tert-OH is 4. The Balaban J connectivity index is 2.58. The minimum atomic E-state index is -1.50. The number of pyridine rings is 1. The normalized spacial score (nSPS) is 31.8. The first-order valence-electron chi connectivity index (χ1n) is 6.76. The molecule has 2 rings (SSSR count). The van der Waals surface area contributed by atoms with Crippen LogP contribution in [0.1, 0.15) is 23.0 Å².